The minimum absolute atomic E-state index is 0.0550. The highest BCUT2D eigenvalue weighted by molar-refractivity contribution is 5.17. The van der Waals surface area contributed by atoms with E-state index in [-0.39, 0.29) is 11.7 Å². The van der Waals surface area contributed by atoms with Crippen LogP contribution in [0.2, 0.25) is 0 Å². The van der Waals surface area contributed by atoms with Crippen molar-refractivity contribution in [3.05, 3.63) is 35.9 Å². The zero-order valence-electron chi connectivity index (χ0n) is 9.16. The van der Waals surface area contributed by atoms with Crippen molar-refractivity contribution in [2.24, 2.45) is 0 Å². The third-order valence-corrected chi connectivity index (χ3v) is 2.98. The lowest BCUT2D eigenvalue weighted by atomic mass is 9.98. The van der Waals surface area contributed by atoms with Gasteiger partial charge in [-0.25, -0.2) is 0 Å². The van der Waals surface area contributed by atoms with Crippen LogP contribution >= 0.6 is 0 Å². The quantitative estimate of drug-likeness (QED) is 0.754. The molecule has 0 spiro atoms. The first-order chi connectivity index (χ1) is 7.68. The molecule has 2 rings (SSSR count). The molecule has 1 aromatic carbocycles. The summed E-state index contributed by atoms with van der Waals surface area (Å²) in [5.41, 5.74) is -0.0550. The molecule has 0 aromatic heterocycles. The fraction of sp³-hybridized carbons (Fsp3) is 0.538. The van der Waals surface area contributed by atoms with E-state index in [2.05, 4.69) is 0 Å². The van der Waals surface area contributed by atoms with E-state index in [4.69, 9.17) is 4.74 Å². The minimum atomic E-state index is -3.15. The fourth-order valence-electron chi connectivity index (χ4n) is 2.09. The van der Waals surface area contributed by atoms with Crippen LogP contribution in [0.4, 0.5) is 8.78 Å². The first-order valence-corrected chi connectivity index (χ1v) is 5.79. The molecule has 0 amide bonds. The Morgan fingerprint density at radius 1 is 1.00 bits per heavy atom. The number of hydrogen-bond donors (Lipinski definition) is 0. The van der Waals surface area contributed by atoms with Crippen molar-refractivity contribution in [2.45, 2.75) is 44.3 Å². The lowest BCUT2D eigenvalue weighted by Gasteiger charge is -2.27. The molecule has 3 heteroatoms. The van der Waals surface area contributed by atoms with Crippen LogP contribution in [0, 0.1) is 0 Å². The van der Waals surface area contributed by atoms with Crippen molar-refractivity contribution in [3.8, 4) is 0 Å². The standard InChI is InChI=1S/C13H16F2O/c14-13(15,11-7-3-1-4-8-11)16-12-9-5-2-6-10-12/h1,3-4,7-8,12H,2,5-6,9-10H2. The van der Waals surface area contributed by atoms with Gasteiger partial charge in [0, 0.05) is 0 Å². The van der Waals surface area contributed by atoms with Crippen LogP contribution < -0.4 is 0 Å². The van der Waals surface area contributed by atoms with Crippen molar-refractivity contribution in [1.82, 2.24) is 0 Å². The third-order valence-electron chi connectivity index (χ3n) is 2.98. The average Bonchev–Trinajstić information content (AvgIpc) is 2.31. The molecule has 1 nitrogen and oxygen atoms in total. The zero-order chi connectivity index (χ0) is 11.4. The molecular formula is C13H16F2O. The van der Waals surface area contributed by atoms with E-state index in [1.54, 1.807) is 18.2 Å². The molecule has 0 aliphatic heterocycles. The molecule has 88 valence electrons. The molecule has 1 aliphatic carbocycles. The normalized spacial score (nSPS) is 18.6. The van der Waals surface area contributed by atoms with Gasteiger partial charge >= 0.3 is 6.11 Å². The Balaban J connectivity index is 2.01. The monoisotopic (exact) mass is 226 g/mol. The molecule has 0 radical (unpaired) electrons. The largest absolute Gasteiger partial charge is 0.383 e. The molecule has 0 saturated heterocycles. The topological polar surface area (TPSA) is 9.23 Å². The summed E-state index contributed by atoms with van der Waals surface area (Å²) in [5.74, 6) is 0. The summed E-state index contributed by atoms with van der Waals surface area (Å²) in [6.07, 6.45) is 1.19. The van der Waals surface area contributed by atoms with Gasteiger partial charge in [-0.1, -0.05) is 49.6 Å². The highest BCUT2D eigenvalue weighted by atomic mass is 19.3. The van der Waals surface area contributed by atoms with Gasteiger partial charge in [0.05, 0.1) is 11.7 Å². The second kappa shape index (κ2) is 4.91. The van der Waals surface area contributed by atoms with Crippen LogP contribution in [0.5, 0.6) is 0 Å². The number of alkyl halides is 2. The van der Waals surface area contributed by atoms with Gasteiger partial charge in [0.15, 0.2) is 0 Å². The number of halogens is 2. The van der Waals surface area contributed by atoms with E-state index in [1.807, 2.05) is 0 Å². The van der Waals surface area contributed by atoms with E-state index in [0.29, 0.717) is 0 Å². The van der Waals surface area contributed by atoms with Crippen molar-refractivity contribution in [3.63, 3.8) is 0 Å². The van der Waals surface area contributed by atoms with Gasteiger partial charge in [0.2, 0.25) is 0 Å². The molecular weight excluding hydrogens is 210 g/mol. The Bertz CT molecular complexity index is 318. The summed E-state index contributed by atoms with van der Waals surface area (Å²) < 4.78 is 32.4. The van der Waals surface area contributed by atoms with Gasteiger partial charge in [-0.2, -0.15) is 8.78 Å². The summed E-state index contributed by atoms with van der Waals surface area (Å²) >= 11 is 0. The van der Waals surface area contributed by atoms with E-state index in [9.17, 15) is 8.78 Å². The van der Waals surface area contributed by atoms with Crippen molar-refractivity contribution >= 4 is 0 Å². The number of benzene rings is 1. The SMILES string of the molecule is FC(F)(OC1CCCCC1)c1ccccc1. The second-order valence-electron chi connectivity index (χ2n) is 4.26. The molecule has 0 unspecified atom stereocenters. The number of ether oxygens (including phenoxy) is 1. The van der Waals surface area contributed by atoms with E-state index >= 15 is 0 Å². The Morgan fingerprint density at radius 2 is 1.62 bits per heavy atom. The predicted molar refractivity (Wildman–Crippen MR) is 58.3 cm³/mol. The van der Waals surface area contributed by atoms with Crippen LogP contribution in [-0.4, -0.2) is 6.10 Å². The van der Waals surface area contributed by atoms with Crippen molar-refractivity contribution < 1.29 is 13.5 Å². The number of rotatable bonds is 3. The minimum Gasteiger partial charge on any atom is -0.313 e. The lowest BCUT2D eigenvalue weighted by Crippen LogP contribution is -2.27. The Kier molecular flexibility index (Phi) is 3.54. The highest BCUT2D eigenvalue weighted by Gasteiger charge is 2.36. The highest BCUT2D eigenvalue weighted by Crippen LogP contribution is 2.34. The van der Waals surface area contributed by atoms with E-state index in [1.165, 1.54) is 12.1 Å². The van der Waals surface area contributed by atoms with Gasteiger partial charge in [-0.05, 0) is 12.8 Å². The second-order valence-corrected chi connectivity index (χ2v) is 4.26. The van der Waals surface area contributed by atoms with Crippen LogP contribution in [-0.2, 0) is 10.8 Å². The maximum atomic E-state index is 13.7. The fourth-order valence-corrected chi connectivity index (χ4v) is 2.09. The van der Waals surface area contributed by atoms with Gasteiger partial charge in [-0.3, -0.25) is 0 Å². The van der Waals surface area contributed by atoms with E-state index < -0.39 is 6.11 Å². The predicted octanol–water partition coefficient (Wildman–Crippen LogP) is 4.09. The zero-order valence-corrected chi connectivity index (χ0v) is 9.16. The Hall–Kier alpha value is -0.960. The molecule has 0 atom stereocenters. The van der Waals surface area contributed by atoms with Crippen LogP contribution in [0.3, 0.4) is 0 Å². The molecule has 1 saturated carbocycles. The Morgan fingerprint density at radius 3 is 2.25 bits per heavy atom. The lowest BCUT2D eigenvalue weighted by molar-refractivity contribution is -0.276. The smallest absolute Gasteiger partial charge is 0.313 e. The molecule has 1 aromatic rings. The first-order valence-electron chi connectivity index (χ1n) is 5.79. The van der Waals surface area contributed by atoms with Crippen molar-refractivity contribution in [2.75, 3.05) is 0 Å². The summed E-state index contributed by atoms with van der Waals surface area (Å²) in [6.45, 7) is 0. The molecule has 16 heavy (non-hydrogen) atoms. The first kappa shape index (κ1) is 11.5. The third kappa shape index (κ3) is 2.79. The van der Waals surface area contributed by atoms with Crippen LogP contribution in [0.25, 0.3) is 0 Å². The maximum absolute atomic E-state index is 13.7. The van der Waals surface area contributed by atoms with Crippen LogP contribution in [0.1, 0.15) is 37.7 Å². The van der Waals surface area contributed by atoms with E-state index in [0.717, 1.165) is 32.1 Å². The summed E-state index contributed by atoms with van der Waals surface area (Å²) in [7, 11) is 0. The molecule has 1 aliphatic rings. The Labute approximate surface area is 94.4 Å². The van der Waals surface area contributed by atoms with Gasteiger partial charge in [0.25, 0.3) is 0 Å². The molecule has 0 N–H and O–H groups in total. The maximum Gasteiger partial charge on any atom is 0.383 e. The average molecular weight is 226 g/mol. The summed E-state index contributed by atoms with van der Waals surface area (Å²) in [6, 6.07) is 7.74. The molecule has 0 bridgehead atoms. The van der Waals surface area contributed by atoms with Crippen LogP contribution in [0.15, 0.2) is 30.3 Å². The van der Waals surface area contributed by atoms with Gasteiger partial charge in [0.1, 0.15) is 0 Å². The van der Waals surface area contributed by atoms with Crippen molar-refractivity contribution in [1.29, 1.82) is 0 Å². The molecule has 1 fully saturated rings. The van der Waals surface area contributed by atoms with Gasteiger partial charge in [-0.15, -0.1) is 0 Å². The number of hydrogen-bond acceptors (Lipinski definition) is 1. The van der Waals surface area contributed by atoms with Gasteiger partial charge < -0.3 is 4.74 Å². The summed E-state index contributed by atoms with van der Waals surface area (Å²) in [5, 5.41) is 0. The summed E-state index contributed by atoms with van der Waals surface area (Å²) in [4.78, 5) is 0. The molecule has 0 heterocycles.